The summed E-state index contributed by atoms with van der Waals surface area (Å²) in [5.41, 5.74) is 4.65. The van der Waals surface area contributed by atoms with Gasteiger partial charge in [0.25, 0.3) is 0 Å². The van der Waals surface area contributed by atoms with Gasteiger partial charge in [0.05, 0.1) is 13.4 Å². The standard InChI is InChI=1S/C22H37BO3.2H3N/c1-11-12-17(26-23(24)25)15-13-14-16(20(2,3)4)19(22(8,9)10)18(15)21(5,6)7;;/h13-14,17H,11-12H2,1-10H3;2*1H3/q-2;;/p+2. The second-order valence-corrected chi connectivity index (χ2v) is 10.4. The summed E-state index contributed by atoms with van der Waals surface area (Å²) >= 11 is 0. The number of hydrogen-bond donors (Lipinski definition) is 2. The number of rotatable bonds is 5. The first kappa shape index (κ1) is 29.3. The van der Waals surface area contributed by atoms with Crippen LogP contribution in [0.25, 0.3) is 0 Å². The van der Waals surface area contributed by atoms with Gasteiger partial charge in [-0.3, -0.25) is 0 Å². The molecule has 0 saturated carbocycles. The van der Waals surface area contributed by atoms with E-state index < -0.39 is 13.4 Å². The van der Waals surface area contributed by atoms with Crippen LogP contribution in [0.3, 0.4) is 0 Å². The fraction of sp³-hybridized carbons (Fsp3) is 0.727. The van der Waals surface area contributed by atoms with Gasteiger partial charge in [0, 0.05) is 0 Å². The highest BCUT2D eigenvalue weighted by Gasteiger charge is 2.34. The smallest absolute Gasteiger partial charge is 0.0620 e. The molecule has 1 aromatic rings. The minimum Gasteiger partial charge on any atom is -0.871 e. The van der Waals surface area contributed by atoms with E-state index in [0.717, 1.165) is 12.0 Å². The third-order valence-corrected chi connectivity index (χ3v) is 4.72. The number of quaternary nitrogens is 2. The largest absolute Gasteiger partial charge is 0.871 e. The molecule has 0 aromatic heterocycles. The van der Waals surface area contributed by atoms with Crippen molar-refractivity contribution in [3.05, 3.63) is 34.4 Å². The van der Waals surface area contributed by atoms with Gasteiger partial charge in [0.15, 0.2) is 0 Å². The molecule has 1 aromatic carbocycles. The number of benzene rings is 1. The Kier molecular flexibility index (Phi) is 10.7. The zero-order valence-electron chi connectivity index (χ0n) is 20.4. The topological polar surface area (TPSA) is 128 Å². The van der Waals surface area contributed by atoms with E-state index in [2.05, 4.69) is 74.4 Å². The number of hydrogen-bond acceptors (Lipinski definition) is 3. The Morgan fingerprint density at radius 3 is 1.61 bits per heavy atom. The molecule has 0 radical (unpaired) electrons. The van der Waals surface area contributed by atoms with Gasteiger partial charge in [-0.05, 0) is 44.9 Å². The Balaban J connectivity index is 0. The van der Waals surface area contributed by atoms with Crippen molar-refractivity contribution < 1.29 is 14.7 Å². The molecule has 0 heterocycles. The van der Waals surface area contributed by atoms with Gasteiger partial charge in [0.2, 0.25) is 0 Å². The summed E-state index contributed by atoms with van der Waals surface area (Å²) in [4.78, 5) is 0. The van der Waals surface area contributed by atoms with E-state index in [1.807, 2.05) is 6.92 Å². The van der Waals surface area contributed by atoms with Crippen LogP contribution in [0, 0.1) is 0 Å². The molecule has 0 aliphatic heterocycles. The van der Waals surface area contributed by atoms with Crippen LogP contribution in [-0.4, -0.2) is 7.32 Å². The fourth-order valence-corrected chi connectivity index (χ4v) is 3.79. The summed E-state index contributed by atoms with van der Waals surface area (Å²) < 4.78 is 5.29. The molecular formula is C22H45BN2O3. The molecule has 0 saturated heterocycles. The minimum absolute atomic E-state index is 0. The molecule has 1 atom stereocenters. The zero-order valence-corrected chi connectivity index (χ0v) is 20.4. The average molecular weight is 396 g/mol. The van der Waals surface area contributed by atoms with Crippen LogP contribution in [0.4, 0.5) is 0 Å². The van der Waals surface area contributed by atoms with Crippen LogP contribution in [0.5, 0.6) is 0 Å². The third kappa shape index (κ3) is 7.16. The van der Waals surface area contributed by atoms with E-state index in [-0.39, 0.29) is 28.5 Å². The molecule has 0 fully saturated rings. The van der Waals surface area contributed by atoms with Gasteiger partial charge in [-0.1, -0.05) is 87.8 Å². The summed E-state index contributed by atoms with van der Waals surface area (Å²) in [5.74, 6) is 0. The lowest BCUT2D eigenvalue weighted by atomic mass is 9.66. The van der Waals surface area contributed by atoms with E-state index in [0.29, 0.717) is 6.42 Å². The molecule has 5 nitrogen and oxygen atoms in total. The summed E-state index contributed by atoms with van der Waals surface area (Å²) in [5, 5.41) is 22.6. The van der Waals surface area contributed by atoms with Gasteiger partial charge >= 0.3 is 0 Å². The highest BCUT2D eigenvalue weighted by Crippen LogP contribution is 2.44. The molecule has 0 spiro atoms. The lowest BCUT2D eigenvalue weighted by molar-refractivity contribution is -0.385. The van der Waals surface area contributed by atoms with E-state index >= 15 is 0 Å². The Morgan fingerprint density at radius 1 is 0.821 bits per heavy atom. The Morgan fingerprint density at radius 2 is 1.29 bits per heavy atom. The van der Waals surface area contributed by atoms with Crippen LogP contribution < -0.4 is 22.3 Å². The fourth-order valence-electron chi connectivity index (χ4n) is 3.79. The molecule has 164 valence electrons. The first-order chi connectivity index (χ1) is 11.6. The van der Waals surface area contributed by atoms with Crippen LogP contribution in [0.2, 0.25) is 0 Å². The van der Waals surface area contributed by atoms with Gasteiger partial charge in [-0.2, -0.15) is 0 Å². The molecular weight excluding hydrogens is 351 g/mol. The van der Waals surface area contributed by atoms with Crippen molar-refractivity contribution in [2.24, 2.45) is 0 Å². The SMILES string of the molecule is CCCC(OB([O-])[O-])c1ccc(C(C)(C)C)c(C(C)(C)C)c1C(C)(C)C.[NH4+].[NH4+]. The second kappa shape index (κ2) is 10.2. The van der Waals surface area contributed by atoms with Crippen molar-refractivity contribution in [1.29, 1.82) is 0 Å². The van der Waals surface area contributed by atoms with Crippen molar-refractivity contribution in [3.8, 4) is 0 Å². The molecule has 1 unspecified atom stereocenters. The van der Waals surface area contributed by atoms with Crippen LogP contribution >= 0.6 is 0 Å². The van der Waals surface area contributed by atoms with Gasteiger partial charge < -0.3 is 27.0 Å². The van der Waals surface area contributed by atoms with Gasteiger partial charge in [-0.25, -0.2) is 0 Å². The summed E-state index contributed by atoms with van der Waals surface area (Å²) in [6.45, 7) is 22.0. The highest BCUT2D eigenvalue weighted by molar-refractivity contribution is 6.28. The Bertz CT molecular complexity index is 612. The maximum atomic E-state index is 11.3. The molecule has 0 aliphatic carbocycles. The van der Waals surface area contributed by atoms with Gasteiger partial charge in [-0.15, -0.1) is 0 Å². The minimum atomic E-state index is -2.26. The second-order valence-electron chi connectivity index (χ2n) is 10.4. The van der Waals surface area contributed by atoms with E-state index in [1.165, 1.54) is 16.7 Å². The van der Waals surface area contributed by atoms with E-state index in [4.69, 9.17) is 4.65 Å². The van der Waals surface area contributed by atoms with Crippen LogP contribution in [0.1, 0.15) is 110 Å². The Hall–Kier alpha value is -0.915. The maximum Gasteiger partial charge on any atom is 0.0620 e. The highest BCUT2D eigenvalue weighted by atomic mass is 16.6. The normalized spacial score (nSPS) is 13.4. The molecule has 28 heavy (non-hydrogen) atoms. The van der Waals surface area contributed by atoms with E-state index in [1.54, 1.807) is 0 Å². The van der Waals surface area contributed by atoms with Crippen LogP contribution in [-0.2, 0) is 20.9 Å². The quantitative estimate of drug-likeness (QED) is 0.687. The Labute approximate surface area is 173 Å². The van der Waals surface area contributed by atoms with Crippen molar-refractivity contribution in [2.75, 3.05) is 0 Å². The predicted octanol–water partition coefficient (Wildman–Crippen LogP) is 4.89. The molecule has 1 rings (SSSR count). The van der Waals surface area contributed by atoms with Crippen molar-refractivity contribution in [1.82, 2.24) is 12.3 Å². The third-order valence-electron chi connectivity index (χ3n) is 4.72. The summed E-state index contributed by atoms with van der Waals surface area (Å²) in [6, 6.07) is 4.25. The van der Waals surface area contributed by atoms with E-state index in [9.17, 15) is 10.0 Å². The van der Waals surface area contributed by atoms with Gasteiger partial charge in [0.1, 0.15) is 0 Å². The predicted molar refractivity (Wildman–Crippen MR) is 119 cm³/mol. The first-order valence-corrected chi connectivity index (χ1v) is 9.76. The molecule has 0 aliphatic rings. The first-order valence-electron chi connectivity index (χ1n) is 9.76. The van der Waals surface area contributed by atoms with Crippen LogP contribution in [0.15, 0.2) is 12.1 Å². The van der Waals surface area contributed by atoms with Crippen molar-refractivity contribution in [2.45, 2.75) is 104 Å². The maximum absolute atomic E-state index is 11.3. The lowest BCUT2D eigenvalue weighted by Gasteiger charge is -2.41. The molecule has 8 N–H and O–H groups in total. The molecule has 6 heteroatoms. The molecule has 0 bridgehead atoms. The summed E-state index contributed by atoms with van der Waals surface area (Å²) in [7, 11) is -2.26. The monoisotopic (exact) mass is 396 g/mol. The zero-order chi connectivity index (χ0) is 20.5. The lowest BCUT2D eigenvalue weighted by Crippen LogP contribution is -2.48. The average Bonchev–Trinajstić information content (AvgIpc) is 2.42. The van der Waals surface area contributed by atoms with Crippen molar-refractivity contribution >= 4 is 7.32 Å². The summed E-state index contributed by atoms with van der Waals surface area (Å²) in [6.07, 6.45) is 1.07. The molecule has 0 amide bonds. The van der Waals surface area contributed by atoms with Crippen molar-refractivity contribution in [3.63, 3.8) is 0 Å².